The van der Waals surface area contributed by atoms with E-state index in [1.165, 1.54) is 0 Å². The number of rotatable bonds is 18. The lowest BCUT2D eigenvalue weighted by molar-refractivity contribution is -0.142. The summed E-state index contributed by atoms with van der Waals surface area (Å²) in [4.78, 5) is 53.4. The molecule has 0 rings (SSSR count). The van der Waals surface area contributed by atoms with E-state index in [2.05, 4.69) is 33.6 Å². The van der Waals surface area contributed by atoms with E-state index in [1.807, 2.05) is 13.8 Å². The van der Waals surface area contributed by atoms with Crippen LogP contribution < -0.4 is 38.9 Å². The van der Waals surface area contributed by atoms with Gasteiger partial charge in [0.15, 0.2) is 5.96 Å². The van der Waals surface area contributed by atoms with Gasteiger partial charge in [-0.15, -0.1) is 0 Å². The van der Waals surface area contributed by atoms with Crippen LogP contribution in [0.1, 0.15) is 52.4 Å². The highest BCUT2D eigenvalue weighted by atomic mass is 32.1. The number of thiol groups is 1. The van der Waals surface area contributed by atoms with Crippen molar-refractivity contribution in [3.05, 3.63) is 0 Å². The molecule has 0 saturated carbocycles. The standard InChI is InChI=1S/C21H42N8O5S/c1-12(2)10-15(20(33)34)28-19(32)16(11-35)29-18(31)14(7-3-4-8-22)27-17(30)13(23)6-5-9-26-21(24)25/h12-16,35H,3-11,22-23H2,1-2H3,(H,27,30)(H,28,32)(H,29,31)(H,33,34)(H4,24,25,26). The van der Waals surface area contributed by atoms with Gasteiger partial charge in [-0.25, -0.2) is 4.79 Å². The molecule has 4 atom stereocenters. The van der Waals surface area contributed by atoms with Gasteiger partial charge in [0.1, 0.15) is 18.1 Å². The number of unbranched alkanes of at least 4 members (excludes halogenated alkanes) is 1. The van der Waals surface area contributed by atoms with Gasteiger partial charge in [0.25, 0.3) is 0 Å². The molecule has 0 aromatic heterocycles. The summed E-state index contributed by atoms with van der Waals surface area (Å²) in [5, 5.41) is 17.0. The lowest BCUT2D eigenvalue weighted by atomic mass is 10.0. The summed E-state index contributed by atoms with van der Waals surface area (Å²) in [6.07, 6.45) is 2.47. The van der Waals surface area contributed by atoms with E-state index in [0.717, 1.165) is 0 Å². The zero-order valence-corrected chi connectivity index (χ0v) is 21.4. The molecule has 0 aliphatic rings. The van der Waals surface area contributed by atoms with Crippen molar-refractivity contribution in [2.45, 2.75) is 76.5 Å². The minimum absolute atomic E-state index is 0.0336. The molecule has 0 aliphatic heterocycles. The maximum Gasteiger partial charge on any atom is 0.326 e. The monoisotopic (exact) mass is 518 g/mol. The Hall–Kier alpha value is -2.58. The number of hydrogen-bond donors (Lipinski definition) is 9. The number of hydrogen-bond acceptors (Lipinski definition) is 8. The second kappa shape index (κ2) is 17.8. The first-order chi connectivity index (χ1) is 16.4. The largest absolute Gasteiger partial charge is 0.480 e. The van der Waals surface area contributed by atoms with E-state index in [4.69, 9.17) is 22.9 Å². The summed E-state index contributed by atoms with van der Waals surface area (Å²) >= 11 is 4.12. The first kappa shape index (κ1) is 32.4. The van der Waals surface area contributed by atoms with Crippen LogP contribution in [0.4, 0.5) is 0 Å². The molecule has 13 nitrogen and oxygen atoms in total. The molecular formula is C21H42N8O5S. The number of nitrogens with zero attached hydrogens (tertiary/aromatic N) is 1. The van der Waals surface area contributed by atoms with Gasteiger partial charge >= 0.3 is 5.97 Å². The average Bonchev–Trinajstić information content (AvgIpc) is 2.78. The fourth-order valence-corrected chi connectivity index (χ4v) is 3.38. The fourth-order valence-electron chi connectivity index (χ4n) is 3.12. The van der Waals surface area contributed by atoms with Crippen LogP contribution in [-0.2, 0) is 19.2 Å². The molecule has 4 unspecified atom stereocenters. The number of guanidine groups is 1. The normalized spacial score (nSPS) is 14.3. The minimum Gasteiger partial charge on any atom is -0.480 e. The summed E-state index contributed by atoms with van der Waals surface area (Å²) in [5.41, 5.74) is 22.0. The van der Waals surface area contributed by atoms with Crippen LogP contribution in [0.5, 0.6) is 0 Å². The maximum atomic E-state index is 12.9. The van der Waals surface area contributed by atoms with Crippen molar-refractivity contribution in [3.63, 3.8) is 0 Å². The van der Waals surface area contributed by atoms with Gasteiger partial charge in [-0.3, -0.25) is 19.4 Å². The van der Waals surface area contributed by atoms with Crippen LogP contribution in [0, 0.1) is 5.92 Å². The predicted octanol–water partition coefficient (Wildman–Crippen LogP) is -1.99. The van der Waals surface area contributed by atoms with E-state index in [-0.39, 0.29) is 30.5 Å². The van der Waals surface area contributed by atoms with Gasteiger partial charge in [0, 0.05) is 12.3 Å². The summed E-state index contributed by atoms with van der Waals surface area (Å²) in [5.74, 6) is -3.07. The average molecular weight is 519 g/mol. The second-order valence-electron chi connectivity index (χ2n) is 8.67. The highest BCUT2D eigenvalue weighted by Gasteiger charge is 2.29. The molecule has 12 N–H and O–H groups in total. The molecule has 0 aliphatic carbocycles. The molecule has 3 amide bonds. The molecule has 14 heteroatoms. The quantitative estimate of drug-likeness (QED) is 0.0421. The van der Waals surface area contributed by atoms with Crippen LogP contribution in [0.15, 0.2) is 4.99 Å². The van der Waals surface area contributed by atoms with Gasteiger partial charge in [-0.1, -0.05) is 13.8 Å². The second-order valence-corrected chi connectivity index (χ2v) is 9.04. The van der Waals surface area contributed by atoms with Crippen LogP contribution in [0.3, 0.4) is 0 Å². The Bertz CT molecular complexity index is 718. The van der Waals surface area contributed by atoms with Gasteiger partial charge < -0.3 is 44.0 Å². The van der Waals surface area contributed by atoms with Gasteiger partial charge in [0.2, 0.25) is 17.7 Å². The lowest BCUT2D eigenvalue weighted by Gasteiger charge is -2.25. The summed E-state index contributed by atoms with van der Waals surface area (Å²) in [6, 6.07) is -4.04. The van der Waals surface area contributed by atoms with Crippen molar-refractivity contribution in [1.82, 2.24) is 16.0 Å². The Morgan fingerprint density at radius 1 is 0.886 bits per heavy atom. The molecule has 0 fully saturated rings. The third-order valence-corrected chi connectivity index (χ3v) is 5.39. The Labute approximate surface area is 212 Å². The lowest BCUT2D eigenvalue weighted by Crippen LogP contribution is -2.57. The van der Waals surface area contributed by atoms with E-state index >= 15 is 0 Å². The number of nitrogens with one attached hydrogen (secondary N) is 3. The molecule has 0 bridgehead atoms. The fraction of sp³-hybridized carbons (Fsp3) is 0.762. The van der Waals surface area contributed by atoms with Crippen molar-refractivity contribution in [2.75, 3.05) is 18.8 Å². The first-order valence-electron chi connectivity index (χ1n) is 11.7. The molecule has 0 aromatic rings. The molecule has 0 spiro atoms. The van der Waals surface area contributed by atoms with Crippen molar-refractivity contribution in [2.24, 2.45) is 33.8 Å². The third kappa shape index (κ3) is 14.4. The Morgan fingerprint density at radius 2 is 1.46 bits per heavy atom. The summed E-state index contributed by atoms with van der Waals surface area (Å²) in [7, 11) is 0. The Balaban J connectivity index is 5.18. The van der Waals surface area contributed by atoms with Crippen LogP contribution in [-0.4, -0.2) is 77.8 Å². The number of aliphatic carboxylic acids is 1. The SMILES string of the molecule is CC(C)CC(NC(=O)C(CS)NC(=O)C(CCCCN)NC(=O)C(N)CCCN=C(N)N)C(=O)O. The Kier molecular flexibility index (Phi) is 16.5. The summed E-state index contributed by atoms with van der Waals surface area (Å²) in [6.45, 7) is 4.40. The van der Waals surface area contributed by atoms with Crippen molar-refractivity contribution in [3.8, 4) is 0 Å². The molecule has 0 heterocycles. The molecule has 0 saturated heterocycles. The van der Waals surface area contributed by atoms with Crippen molar-refractivity contribution < 1.29 is 24.3 Å². The summed E-state index contributed by atoms with van der Waals surface area (Å²) < 4.78 is 0. The van der Waals surface area contributed by atoms with Crippen molar-refractivity contribution >= 4 is 42.3 Å². The zero-order valence-electron chi connectivity index (χ0n) is 20.5. The number of carbonyl (C=O) groups excluding carboxylic acids is 3. The maximum absolute atomic E-state index is 12.9. The van der Waals surface area contributed by atoms with E-state index in [0.29, 0.717) is 38.8 Å². The van der Waals surface area contributed by atoms with Crippen LogP contribution in [0.2, 0.25) is 0 Å². The topological polar surface area (TPSA) is 241 Å². The first-order valence-corrected chi connectivity index (χ1v) is 12.3. The van der Waals surface area contributed by atoms with Gasteiger partial charge in [-0.2, -0.15) is 12.6 Å². The van der Waals surface area contributed by atoms with E-state index < -0.39 is 47.9 Å². The van der Waals surface area contributed by atoms with Crippen LogP contribution in [0.25, 0.3) is 0 Å². The minimum atomic E-state index is -1.17. The van der Waals surface area contributed by atoms with E-state index in [1.54, 1.807) is 0 Å². The smallest absolute Gasteiger partial charge is 0.326 e. The van der Waals surface area contributed by atoms with Gasteiger partial charge in [-0.05, 0) is 51.0 Å². The predicted molar refractivity (Wildman–Crippen MR) is 138 cm³/mol. The van der Waals surface area contributed by atoms with Gasteiger partial charge in [0.05, 0.1) is 6.04 Å². The number of carboxylic acid groups (broad SMARTS) is 1. The van der Waals surface area contributed by atoms with Crippen LogP contribution >= 0.6 is 12.6 Å². The highest BCUT2D eigenvalue weighted by Crippen LogP contribution is 2.07. The molecule has 202 valence electrons. The molecule has 0 aromatic carbocycles. The Morgan fingerprint density at radius 3 is 1.97 bits per heavy atom. The number of amides is 3. The number of nitrogens with two attached hydrogens (primary N) is 4. The van der Waals surface area contributed by atoms with E-state index in [9.17, 15) is 24.3 Å². The molecular weight excluding hydrogens is 476 g/mol. The molecule has 0 radical (unpaired) electrons. The number of aliphatic imine (C=N–C) groups is 1. The number of carbonyl (C=O) groups is 4. The van der Waals surface area contributed by atoms with Crippen molar-refractivity contribution in [1.29, 1.82) is 0 Å². The molecule has 35 heavy (non-hydrogen) atoms. The third-order valence-electron chi connectivity index (χ3n) is 5.02. The highest BCUT2D eigenvalue weighted by molar-refractivity contribution is 7.80. The number of carboxylic acids is 1. The zero-order chi connectivity index (χ0) is 27.0.